The van der Waals surface area contributed by atoms with Crippen LogP contribution in [0.1, 0.15) is 33.8 Å². The molecule has 3 aromatic rings. The first-order valence-electron chi connectivity index (χ1n) is 10.8. The van der Waals surface area contributed by atoms with E-state index in [0.29, 0.717) is 0 Å². The van der Waals surface area contributed by atoms with Crippen molar-refractivity contribution >= 4 is 35.3 Å². The van der Waals surface area contributed by atoms with Gasteiger partial charge >= 0.3 is 12.1 Å². The fourth-order valence-electron chi connectivity index (χ4n) is 4.08. The van der Waals surface area contributed by atoms with Crippen molar-refractivity contribution in [3.8, 4) is 23.5 Å². The number of rotatable bonds is 7. The maximum Gasteiger partial charge on any atom is 0.407 e. The van der Waals surface area contributed by atoms with Crippen molar-refractivity contribution in [2.75, 3.05) is 11.9 Å². The third-order valence-electron chi connectivity index (χ3n) is 5.75. The van der Waals surface area contributed by atoms with Gasteiger partial charge in [-0.2, -0.15) is 0 Å². The molecular formula is C27H21ClN2O5. The van der Waals surface area contributed by atoms with Crippen molar-refractivity contribution in [2.24, 2.45) is 0 Å². The molecule has 7 nitrogen and oxygen atoms in total. The molecule has 1 unspecified atom stereocenters. The van der Waals surface area contributed by atoms with E-state index in [4.69, 9.17) is 27.9 Å². The Bertz CT molecular complexity index is 1300. The fraction of sp³-hybridized carbons (Fsp3) is 0.148. The molecule has 0 heterocycles. The quantitative estimate of drug-likeness (QED) is 0.410. The van der Waals surface area contributed by atoms with Gasteiger partial charge in [0, 0.05) is 12.3 Å². The molecular weight excluding hydrogens is 468 g/mol. The molecule has 0 saturated heterocycles. The summed E-state index contributed by atoms with van der Waals surface area (Å²) in [6.07, 6.45) is 4.48. The SMILES string of the molecule is C#CCC(NC(=O)OCC1c2ccccc2-c2ccccc21)C(=O)Nc1cc(C(=O)O)ccc1Cl. The van der Waals surface area contributed by atoms with E-state index < -0.39 is 24.0 Å². The third kappa shape index (κ3) is 5.13. The molecule has 0 bridgehead atoms. The second-order valence-corrected chi connectivity index (χ2v) is 8.33. The molecule has 0 aromatic heterocycles. The number of nitrogens with one attached hydrogen (secondary N) is 2. The van der Waals surface area contributed by atoms with Crippen molar-refractivity contribution in [3.63, 3.8) is 0 Å². The van der Waals surface area contributed by atoms with Crippen molar-refractivity contribution in [1.82, 2.24) is 5.32 Å². The molecule has 3 aromatic carbocycles. The minimum absolute atomic E-state index is 0.0531. The lowest BCUT2D eigenvalue weighted by Crippen LogP contribution is -2.44. The molecule has 2 amide bonds. The Morgan fingerprint density at radius 3 is 2.26 bits per heavy atom. The third-order valence-corrected chi connectivity index (χ3v) is 6.07. The monoisotopic (exact) mass is 488 g/mol. The summed E-state index contributed by atoms with van der Waals surface area (Å²) in [5.41, 5.74) is 4.36. The first-order valence-corrected chi connectivity index (χ1v) is 11.2. The lowest BCUT2D eigenvalue weighted by Gasteiger charge is -2.19. The number of amides is 2. The van der Waals surface area contributed by atoms with Gasteiger partial charge in [-0.3, -0.25) is 4.79 Å². The van der Waals surface area contributed by atoms with E-state index in [1.807, 2.05) is 48.5 Å². The number of halogens is 1. The molecule has 4 rings (SSSR count). The van der Waals surface area contributed by atoms with Crippen LogP contribution in [0.4, 0.5) is 10.5 Å². The Kier molecular flexibility index (Phi) is 7.04. The predicted molar refractivity (Wildman–Crippen MR) is 132 cm³/mol. The first-order chi connectivity index (χ1) is 16.9. The Hall–Kier alpha value is -4.28. The lowest BCUT2D eigenvalue weighted by atomic mass is 9.98. The molecule has 1 aliphatic rings. The van der Waals surface area contributed by atoms with Crippen molar-refractivity contribution < 1.29 is 24.2 Å². The number of carbonyl (C=O) groups is 3. The second-order valence-electron chi connectivity index (χ2n) is 7.92. The van der Waals surface area contributed by atoms with E-state index in [1.165, 1.54) is 18.2 Å². The topological polar surface area (TPSA) is 105 Å². The number of benzene rings is 3. The van der Waals surface area contributed by atoms with Crippen LogP contribution in [0.5, 0.6) is 0 Å². The number of carboxylic acids is 1. The maximum atomic E-state index is 12.8. The average Bonchev–Trinajstić information content (AvgIpc) is 3.17. The van der Waals surface area contributed by atoms with Gasteiger partial charge in [-0.25, -0.2) is 9.59 Å². The second kappa shape index (κ2) is 10.3. The molecule has 0 spiro atoms. The zero-order chi connectivity index (χ0) is 24.9. The van der Waals surface area contributed by atoms with Crippen molar-refractivity contribution in [2.45, 2.75) is 18.4 Å². The number of hydrogen-bond donors (Lipinski definition) is 3. The largest absolute Gasteiger partial charge is 0.478 e. The van der Waals surface area contributed by atoms with Crippen LogP contribution >= 0.6 is 11.6 Å². The van der Waals surface area contributed by atoms with Gasteiger partial charge in [0.1, 0.15) is 12.6 Å². The molecule has 35 heavy (non-hydrogen) atoms. The number of ether oxygens (including phenoxy) is 1. The fourth-order valence-corrected chi connectivity index (χ4v) is 4.25. The summed E-state index contributed by atoms with van der Waals surface area (Å²) in [4.78, 5) is 36.6. The molecule has 1 aliphatic carbocycles. The van der Waals surface area contributed by atoms with Crippen LogP contribution in [0.2, 0.25) is 5.02 Å². The van der Waals surface area contributed by atoms with E-state index in [9.17, 15) is 14.4 Å². The highest BCUT2D eigenvalue weighted by atomic mass is 35.5. The van der Waals surface area contributed by atoms with Gasteiger partial charge < -0.3 is 20.5 Å². The summed E-state index contributed by atoms with van der Waals surface area (Å²) in [6, 6.07) is 18.7. The highest BCUT2D eigenvalue weighted by Crippen LogP contribution is 2.44. The van der Waals surface area contributed by atoms with Crippen LogP contribution in [0.15, 0.2) is 66.7 Å². The van der Waals surface area contributed by atoms with E-state index in [-0.39, 0.29) is 35.2 Å². The van der Waals surface area contributed by atoms with Crippen LogP contribution in [-0.2, 0) is 9.53 Å². The van der Waals surface area contributed by atoms with E-state index >= 15 is 0 Å². The van der Waals surface area contributed by atoms with Crippen LogP contribution in [0.25, 0.3) is 11.1 Å². The number of aromatic carboxylic acids is 1. The van der Waals surface area contributed by atoms with Gasteiger partial charge in [-0.1, -0.05) is 60.1 Å². The summed E-state index contributed by atoms with van der Waals surface area (Å²) >= 11 is 6.08. The van der Waals surface area contributed by atoms with Crippen LogP contribution in [-0.4, -0.2) is 35.7 Å². The van der Waals surface area contributed by atoms with E-state index in [1.54, 1.807) is 0 Å². The van der Waals surface area contributed by atoms with Gasteiger partial charge in [0.05, 0.1) is 16.3 Å². The minimum Gasteiger partial charge on any atom is -0.478 e. The minimum atomic E-state index is -1.17. The molecule has 3 N–H and O–H groups in total. The number of alkyl carbamates (subject to hydrolysis) is 1. The predicted octanol–water partition coefficient (Wildman–Crippen LogP) is 4.91. The van der Waals surface area contributed by atoms with E-state index in [2.05, 4.69) is 16.6 Å². The number of carbonyl (C=O) groups excluding carboxylic acids is 2. The summed E-state index contributed by atoms with van der Waals surface area (Å²) < 4.78 is 5.49. The normalized spacial score (nSPS) is 12.6. The molecule has 8 heteroatoms. The summed E-state index contributed by atoms with van der Waals surface area (Å²) in [6.45, 7) is 0.0801. The van der Waals surface area contributed by atoms with Crippen LogP contribution < -0.4 is 10.6 Å². The molecule has 0 saturated carbocycles. The Morgan fingerprint density at radius 1 is 1.03 bits per heavy atom. The van der Waals surface area contributed by atoms with Gasteiger partial charge in [-0.05, 0) is 40.5 Å². The summed E-state index contributed by atoms with van der Waals surface area (Å²) in [5, 5.41) is 14.3. The Balaban J connectivity index is 1.43. The molecule has 0 radical (unpaired) electrons. The number of terminal acetylenes is 1. The molecule has 176 valence electrons. The van der Waals surface area contributed by atoms with Crippen LogP contribution in [0.3, 0.4) is 0 Å². The first kappa shape index (κ1) is 23.9. The smallest absolute Gasteiger partial charge is 0.407 e. The molecule has 0 aliphatic heterocycles. The molecule has 1 atom stereocenters. The zero-order valence-corrected chi connectivity index (χ0v) is 19.2. The maximum absolute atomic E-state index is 12.8. The number of anilines is 1. The average molecular weight is 489 g/mol. The standard InChI is InChI=1S/C27H21ClN2O5/c1-2-7-23(25(31)29-24-14-16(26(32)33)12-13-22(24)28)30-27(34)35-15-21-19-10-5-3-8-17(19)18-9-4-6-11-20(18)21/h1,3-6,8-14,21,23H,7,15H2,(H,29,31)(H,30,34)(H,32,33). The van der Waals surface area contributed by atoms with E-state index in [0.717, 1.165) is 22.3 Å². The Labute approximate surface area is 207 Å². The lowest BCUT2D eigenvalue weighted by molar-refractivity contribution is -0.118. The molecule has 0 fully saturated rings. The van der Waals surface area contributed by atoms with Crippen molar-refractivity contribution in [3.05, 3.63) is 88.4 Å². The number of carboxylic acid groups (broad SMARTS) is 1. The van der Waals surface area contributed by atoms with Gasteiger partial charge in [0.2, 0.25) is 5.91 Å². The van der Waals surface area contributed by atoms with Gasteiger partial charge in [0.15, 0.2) is 0 Å². The number of hydrogen-bond acceptors (Lipinski definition) is 4. The van der Waals surface area contributed by atoms with Gasteiger partial charge in [0.25, 0.3) is 0 Å². The summed E-state index contributed by atoms with van der Waals surface area (Å²) in [7, 11) is 0. The highest BCUT2D eigenvalue weighted by molar-refractivity contribution is 6.34. The zero-order valence-electron chi connectivity index (χ0n) is 18.5. The Morgan fingerprint density at radius 2 is 1.66 bits per heavy atom. The van der Waals surface area contributed by atoms with Crippen LogP contribution in [0, 0.1) is 12.3 Å². The summed E-state index contributed by atoms with van der Waals surface area (Å²) in [5.74, 6) is 0.391. The van der Waals surface area contributed by atoms with Crippen molar-refractivity contribution in [1.29, 1.82) is 0 Å². The number of fused-ring (bicyclic) bond motifs is 3. The highest BCUT2D eigenvalue weighted by Gasteiger charge is 2.29. The van der Waals surface area contributed by atoms with Gasteiger partial charge in [-0.15, -0.1) is 12.3 Å².